The lowest BCUT2D eigenvalue weighted by Crippen LogP contribution is -2.23. The van der Waals surface area contributed by atoms with Crippen LogP contribution >= 0.6 is 22.7 Å². The molecule has 6 heteroatoms. The van der Waals surface area contributed by atoms with Crippen molar-refractivity contribution in [3.05, 3.63) is 79.2 Å². The Morgan fingerprint density at radius 2 is 1.23 bits per heavy atom. The van der Waals surface area contributed by atoms with E-state index in [4.69, 9.17) is 0 Å². The largest absolute Gasteiger partial charge is 0.347 e. The van der Waals surface area contributed by atoms with Crippen LogP contribution in [0.5, 0.6) is 0 Å². The first kappa shape index (κ1) is 18.4. The van der Waals surface area contributed by atoms with Gasteiger partial charge in [-0.05, 0) is 49.2 Å². The van der Waals surface area contributed by atoms with Crippen LogP contribution in [0.3, 0.4) is 0 Å². The molecule has 0 aliphatic carbocycles. The van der Waals surface area contributed by atoms with Crippen LogP contribution < -0.4 is 10.6 Å². The van der Waals surface area contributed by atoms with Crippen LogP contribution in [0, 0.1) is 13.8 Å². The molecule has 2 aromatic heterocycles. The number of carbonyl (C=O) groups excluding carboxylic acids is 2. The number of benzene rings is 1. The summed E-state index contributed by atoms with van der Waals surface area (Å²) in [5, 5.41) is 5.87. The monoisotopic (exact) mass is 384 g/mol. The molecule has 4 nitrogen and oxygen atoms in total. The van der Waals surface area contributed by atoms with Crippen LogP contribution in [-0.4, -0.2) is 11.8 Å². The zero-order chi connectivity index (χ0) is 18.5. The van der Waals surface area contributed by atoms with Crippen molar-refractivity contribution < 1.29 is 9.59 Å². The van der Waals surface area contributed by atoms with Gasteiger partial charge in [-0.2, -0.15) is 0 Å². The van der Waals surface area contributed by atoms with E-state index in [0.29, 0.717) is 13.1 Å². The number of hydrogen-bond acceptors (Lipinski definition) is 4. The highest BCUT2D eigenvalue weighted by Crippen LogP contribution is 2.16. The lowest BCUT2D eigenvalue weighted by molar-refractivity contribution is 0.0947. The summed E-state index contributed by atoms with van der Waals surface area (Å²) in [6, 6.07) is 15.4. The molecule has 0 spiro atoms. The van der Waals surface area contributed by atoms with Gasteiger partial charge in [0.2, 0.25) is 0 Å². The van der Waals surface area contributed by atoms with Crippen LogP contribution in [0.4, 0.5) is 0 Å². The van der Waals surface area contributed by atoms with Gasteiger partial charge in [0.05, 0.1) is 9.75 Å². The van der Waals surface area contributed by atoms with Crippen LogP contribution in [0.2, 0.25) is 0 Å². The summed E-state index contributed by atoms with van der Waals surface area (Å²) in [6.45, 7) is 4.89. The Kier molecular flexibility index (Phi) is 5.85. The third kappa shape index (κ3) is 4.80. The molecule has 3 aromatic rings. The first-order valence-electron chi connectivity index (χ1n) is 8.28. The second-order valence-electron chi connectivity index (χ2n) is 6.01. The molecular formula is C20H20N2O2S2. The molecule has 0 radical (unpaired) electrons. The van der Waals surface area contributed by atoms with E-state index in [9.17, 15) is 9.59 Å². The van der Waals surface area contributed by atoms with Crippen molar-refractivity contribution in [1.82, 2.24) is 10.6 Å². The molecule has 0 fully saturated rings. The lowest BCUT2D eigenvalue weighted by atomic mass is 10.1. The highest BCUT2D eigenvalue weighted by atomic mass is 32.1. The number of amides is 2. The summed E-state index contributed by atoms with van der Waals surface area (Å²) < 4.78 is 0. The zero-order valence-electron chi connectivity index (χ0n) is 14.7. The summed E-state index contributed by atoms with van der Waals surface area (Å²) in [6.07, 6.45) is 0. The first-order valence-corrected chi connectivity index (χ1v) is 9.91. The number of aryl methyl sites for hydroxylation is 2. The minimum Gasteiger partial charge on any atom is -0.347 e. The quantitative estimate of drug-likeness (QED) is 0.666. The molecule has 0 saturated carbocycles. The topological polar surface area (TPSA) is 58.2 Å². The SMILES string of the molecule is Cc1ccc(C(=O)NCc2cccc(CNC(=O)c3ccc(C)s3)c2)s1. The van der Waals surface area contributed by atoms with Gasteiger partial charge >= 0.3 is 0 Å². The van der Waals surface area contributed by atoms with E-state index < -0.39 is 0 Å². The molecule has 0 unspecified atom stereocenters. The maximum Gasteiger partial charge on any atom is 0.261 e. The summed E-state index contributed by atoms with van der Waals surface area (Å²) >= 11 is 2.97. The van der Waals surface area contributed by atoms with Crippen LogP contribution in [0.25, 0.3) is 0 Å². The molecule has 0 atom stereocenters. The van der Waals surface area contributed by atoms with Gasteiger partial charge in [-0.1, -0.05) is 24.3 Å². The molecule has 0 aliphatic heterocycles. The Balaban J connectivity index is 1.54. The average Bonchev–Trinajstić information content (AvgIpc) is 3.26. The highest BCUT2D eigenvalue weighted by Gasteiger charge is 2.09. The molecular weight excluding hydrogens is 364 g/mol. The van der Waals surface area contributed by atoms with E-state index in [1.165, 1.54) is 22.7 Å². The van der Waals surface area contributed by atoms with Gasteiger partial charge in [0.25, 0.3) is 11.8 Å². The Hall–Kier alpha value is -2.44. The molecule has 2 N–H and O–H groups in total. The fourth-order valence-electron chi connectivity index (χ4n) is 2.50. The number of carbonyl (C=O) groups is 2. The Bertz CT molecular complexity index is 856. The normalized spacial score (nSPS) is 10.5. The van der Waals surface area contributed by atoms with Crippen LogP contribution in [0.15, 0.2) is 48.5 Å². The number of rotatable bonds is 6. The van der Waals surface area contributed by atoms with Crippen molar-refractivity contribution in [2.24, 2.45) is 0 Å². The predicted molar refractivity (Wildman–Crippen MR) is 107 cm³/mol. The summed E-state index contributed by atoms with van der Waals surface area (Å²) in [5.41, 5.74) is 2.01. The molecule has 134 valence electrons. The van der Waals surface area contributed by atoms with Gasteiger partial charge < -0.3 is 10.6 Å². The summed E-state index contributed by atoms with van der Waals surface area (Å²) in [7, 11) is 0. The molecule has 0 saturated heterocycles. The number of thiophene rings is 2. The Labute approximate surface area is 160 Å². The maximum absolute atomic E-state index is 12.1. The minimum absolute atomic E-state index is 0.0603. The van der Waals surface area contributed by atoms with Gasteiger partial charge in [-0.25, -0.2) is 0 Å². The average molecular weight is 385 g/mol. The minimum atomic E-state index is -0.0603. The van der Waals surface area contributed by atoms with Gasteiger partial charge in [0.15, 0.2) is 0 Å². The van der Waals surface area contributed by atoms with Gasteiger partial charge in [0.1, 0.15) is 0 Å². The van der Waals surface area contributed by atoms with E-state index in [1.54, 1.807) is 0 Å². The third-order valence-electron chi connectivity index (χ3n) is 3.83. The van der Waals surface area contributed by atoms with E-state index in [0.717, 1.165) is 30.6 Å². The first-order chi connectivity index (χ1) is 12.5. The van der Waals surface area contributed by atoms with E-state index >= 15 is 0 Å². The van der Waals surface area contributed by atoms with Crippen molar-refractivity contribution in [2.45, 2.75) is 26.9 Å². The third-order valence-corrected chi connectivity index (χ3v) is 5.82. The van der Waals surface area contributed by atoms with Crippen molar-refractivity contribution in [2.75, 3.05) is 0 Å². The zero-order valence-corrected chi connectivity index (χ0v) is 16.3. The van der Waals surface area contributed by atoms with Crippen molar-refractivity contribution in [1.29, 1.82) is 0 Å². The van der Waals surface area contributed by atoms with Gasteiger partial charge in [-0.3, -0.25) is 9.59 Å². The highest BCUT2D eigenvalue weighted by molar-refractivity contribution is 7.14. The second-order valence-corrected chi connectivity index (χ2v) is 8.58. The fourth-order valence-corrected chi connectivity index (χ4v) is 4.07. The fraction of sp³-hybridized carbons (Fsp3) is 0.200. The summed E-state index contributed by atoms with van der Waals surface area (Å²) in [5.74, 6) is -0.121. The van der Waals surface area contributed by atoms with E-state index in [2.05, 4.69) is 10.6 Å². The van der Waals surface area contributed by atoms with E-state index in [-0.39, 0.29) is 11.8 Å². The predicted octanol–water partition coefficient (Wildman–Crippen LogP) is 4.29. The van der Waals surface area contributed by atoms with Crippen LogP contribution in [-0.2, 0) is 13.1 Å². The van der Waals surface area contributed by atoms with Gasteiger partial charge in [0, 0.05) is 22.8 Å². The second kappa shape index (κ2) is 8.29. The molecule has 2 heterocycles. The molecule has 0 bridgehead atoms. The Morgan fingerprint density at radius 3 is 1.62 bits per heavy atom. The smallest absolute Gasteiger partial charge is 0.261 e. The standard InChI is InChI=1S/C20H20N2O2S2/c1-13-6-8-17(25-13)19(23)21-11-15-4-3-5-16(10-15)12-22-20(24)18-9-7-14(2)26-18/h3-10H,11-12H2,1-2H3,(H,21,23)(H,22,24). The number of nitrogens with one attached hydrogen (secondary N) is 2. The Morgan fingerprint density at radius 1 is 0.769 bits per heavy atom. The molecule has 1 aromatic carbocycles. The molecule has 2 amide bonds. The van der Waals surface area contributed by atoms with Crippen molar-refractivity contribution in [3.63, 3.8) is 0 Å². The van der Waals surface area contributed by atoms with E-state index in [1.807, 2.05) is 62.4 Å². The maximum atomic E-state index is 12.1. The van der Waals surface area contributed by atoms with Crippen molar-refractivity contribution in [3.8, 4) is 0 Å². The molecule has 0 aliphatic rings. The van der Waals surface area contributed by atoms with Crippen molar-refractivity contribution >= 4 is 34.5 Å². The molecule has 3 rings (SSSR count). The van der Waals surface area contributed by atoms with Crippen LogP contribution in [0.1, 0.15) is 40.2 Å². The lowest BCUT2D eigenvalue weighted by Gasteiger charge is -2.08. The van der Waals surface area contributed by atoms with Gasteiger partial charge in [-0.15, -0.1) is 22.7 Å². The molecule has 26 heavy (non-hydrogen) atoms. The number of hydrogen-bond donors (Lipinski definition) is 2. The summed E-state index contributed by atoms with van der Waals surface area (Å²) in [4.78, 5) is 27.9.